The number of fused-ring (bicyclic) bond motifs is 4. The monoisotopic (exact) mass is 1280 g/mol. The van der Waals surface area contributed by atoms with Crippen molar-refractivity contribution in [2.24, 2.45) is 0 Å². The lowest BCUT2D eigenvalue weighted by molar-refractivity contribution is -0.254. The SMILES string of the molecule is COCCC[Si](CCCOC)(CCCOC)c1ccc(C2(c3ccc([Si](CCCOC)(CCCOC)CCCOC)s3)c3sc(-c4ccc(C(C)(C)C)s4)cc3C3=C(c4cc(-c5ccc(C(C)(C)C)s5)sc42)C(F)(F)C(F)(F)C3(F)F)s1. The number of hydrogen-bond acceptors (Lipinski definition) is 12. The zero-order valence-electron chi connectivity index (χ0n) is 49.7. The minimum Gasteiger partial charge on any atom is -0.385 e. The molecule has 0 saturated heterocycles. The predicted octanol–water partition coefficient (Wildman–Crippen LogP) is 18.0. The van der Waals surface area contributed by atoms with Gasteiger partial charge in [0.25, 0.3) is 0 Å². The molecule has 2 aliphatic rings. The Hall–Kier alpha value is -2.29. The third kappa shape index (κ3) is 12.4. The minimum absolute atomic E-state index is 0.254. The van der Waals surface area contributed by atoms with E-state index in [4.69, 9.17) is 28.4 Å². The Morgan fingerprint density at radius 3 is 0.963 bits per heavy atom. The van der Waals surface area contributed by atoms with Crippen molar-refractivity contribution in [3.05, 3.63) is 101 Å². The van der Waals surface area contributed by atoms with Gasteiger partial charge in [0.15, 0.2) is 0 Å². The van der Waals surface area contributed by atoms with Crippen LogP contribution in [0.3, 0.4) is 0 Å². The summed E-state index contributed by atoms with van der Waals surface area (Å²) in [5.41, 5.74) is -5.16. The van der Waals surface area contributed by atoms with Gasteiger partial charge < -0.3 is 28.4 Å². The second-order valence-electron chi connectivity index (χ2n) is 24.2. The fourth-order valence-electron chi connectivity index (χ4n) is 12.3. The van der Waals surface area contributed by atoms with Crippen LogP contribution in [-0.2, 0) is 44.7 Å². The zero-order chi connectivity index (χ0) is 59.5. The van der Waals surface area contributed by atoms with Crippen LogP contribution < -0.4 is 9.00 Å². The summed E-state index contributed by atoms with van der Waals surface area (Å²) in [5, 5.41) is 0. The first-order valence-corrected chi connectivity index (χ1v) is 38.6. The lowest BCUT2D eigenvalue weighted by Gasteiger charge is -2.35. The predicted molar refractivity (Wildman–Crippen MR) is 341 cm³/mol. The third-order valence-corrected chi connectivity index (χ3v) is 38.0. The van der Waals surface area contributed by atoms with Crippen molar-refractivity contribution in [1.29, 1.82) is 0 Å². The second kappa shape index (κ2) is 26.6. The van der Waals surface area contributed by atoms with Gasteiger partial charge in [0, 0.05) is 153 Å². The molecule has 0 aromatic carbocycles. The summed E-state index contributed by atoms with van der Waals surface area (Å²) >= 11 is 8.90. The van der Waals surface area contributed by atoms with Crippen LogP contribution in [0.25, 0.3) is 30.7 Å². The average molecular weight is 1290 g/mol. The van der Waals surface area contributed by atoms with Crippen molar-refractivity contribution in [2.75, 3.05) is 82.3 Å². The Bertz CT molecular complexity index is 2840. The van der Waals surface area contributed by atoms with Gasteiger partial charge in [-0.2, -0.15) is 26.3 Å². The van der Waals surface area contributed by atoms with Gasteiger partial charge in [0.1, 0.15) is 5.41 Å². The van der Waals surface area contributed by atoms with Crippen LogP contribution in [0.2, 0.25) is 36.3 Å². The van der Waals surface area contributed by atoms with Crippen molar-refractivity contribution >= 4 is 104 Å². The molecule has 0 bridgehead atoms. The molecule has 0 saturated carbocycles. The molecule has 0 atom stereocenters. The van der Waals surface area contributed by atoms with Crippen LogP contribution in [0.15, 0.2) is 60.7 Å². The molecule has 0 unspecified atom stereocenters. The molecule has 6 aromatic rings. The molecule has 0 radical (unpaired) electrons. The van der Waals surface area contributed by atoms with Gasteiger partial charge >= 0.3 is 17.8 Å². The maximum atomic E-state index is 17.7. The Labute approximate surface area is 508 Å². The lowest BCUT2D eigenvalue weighted by atomic mass is 9.78. The van der Waals surface area contributed by atoms with Crippen molar-refractivity contribution in [3.63, 3.8) is 0 Å². The van der Waals surface area contributed by atoms with E-state index in [1.54, 1.807) is 77.5 Å². The highest BCUT2D eigenvalue weighted by atomic mass is 32.1. The molecule has 6 nitrogen and oxygen atoms in total. The number of methoxy groups -OCH3 is 6. The largest absolute Gasteiger partial charge is 0.385 e. The highest BCUT2D eigenvalue weighted by molar-refractivity contribution is 7.30. The van der Waals surface area contributed by atoms with E-state index in [-0.39, 0.29) is 22.0 Å². The summed E-state index contributed by atoms with van der Waals surface area (Å²) in [6.45, 7) is 16.0. The van der Waals surface area contributed by atoms with Gasteiger partial charge in [0.05, 0.1) is 16.1 Å². The number of rotatable bonds is 30. The van der Waals surface area contributed by atoms with Gasteiger partial charge in [-0.1, -0.05) is 89.9 Å². The Balaban J connectivity index is 1.56. The highest BCUT2D eigenvalue weighted by Crippen LogP contribution is 2.71. The fraction of sp³-hybridized carbons (Fsp3) is 0.581. The first kappa shape index (κ1) is 65.7. The van der Waals surface area contributed by atoms with Crippen LogP contribution in [-0.4, -0.2) is 116 Å². The van der Waals surface area contributed by atoms with Gasteiger partial charge in [-0.25, -0.2) is 0 Å². The van der Waals surface area contributed by atoms with E-state index in [9.17, 15) is 0 Å². The number of ether oxygens (including phenoxy) is 6. The number of halogens is 6. The molecule has 0 spiro atoms. The summed E-state index contributed by atoms with van der Waals surface area (Å²) in [7, 11) is 5.21. The molecule has 0 N–H and O–H groups in total. The van der Waals surface area contributed by atoms with E-state index in [2.05, 4.69) is 65.8 Å². The summed E-state index contributed by atoms with van der Waals surface area (Å²) in [6.07, 6.45) is 4.90. The minimum atomic E-state index is -5.74. The van der Waals surface area contributed by atoms with Crippen LogP contribution in [0.4, 0.5) is 26.3 Å². The van der Waals surface area contributed by atoms with Crippen LogP contribution in [0.1, 0.15) is 120 Å². The molecule has 6 heterocycles. The van der Waals surface area contributed by atoms with Crippen LogP contribution in [0.5, 0.6) is 0 Å². The lowest BCUT2D eigenvalue weighted by Crippen LogP contribution is -2.49. The van der Waals surface area contributed by atoms with Gasteiger partial charge in [-0.3, -0.25) is 0 Å². The number of thiophene rings is 6. The Kier molecular flexibility index (Phi) is 21.3. The molecule has 0 amide bonds. The Morgan fingerprint density at radius 1 is 0.390 bits per heavy atom. The smallest absolute Gasteiger partial charge is 0.380 e. The van der Waals surface area contributed by atoms with Crippen LogP contribution >= 0.6 is 68.0 Å². The van der Waals surface area contributed by atoms with E-state index in [0.29, 0.717) is 59.1 Å². The number of alkyl halides is 6. The quantitative estimate of drug-likeness (QED) is 0.0254. The summed E-state index contributed by atoms with van der Waals surface area (Å²) in [5.74, 6) is -16.3. The van der Waals surface area contributed by atoms with Gasteiger partial charge in [0.2, 0.25) is 0 Å². The molecule has 6 aromatic heterocycles. The highest BCUT2D eigenvalue weighted by Gasteiger charge is 2.81. The molecule has 0 aliphatic heterocycles. The van der Waals surface area contributed by atoms with Gasteiger partial charge in [-0.05, 0) is 107 Å². The fourth-order valence-corrected chi connectivity index (χ4v) is 32.7. The molecule has 0 fully saturated rings. The molecule has 8 rings (SSSR count). The van der Waals surface area contributed by atoms with Crippen molar-refractivity contribution in [3.8, 4) is 19.5 Å². The second-order valence-corrected chi connectivity index (χ2v) is 40.6. The molecular formula is C62H82F6O6S6Si2. The van der Waals surface area contributed by atoms with E-state index in [1.165, 1.54) is 54.3 Å². The normalized spacial score (nSPS) is 16.7. The number of hydrogen-bond donors (Lipinski definition) is 0. The van der Waals surface area contributed by atoms with E-state index in [0.717, 1.165) is 104 Å². The zero-order valence-corrected chi connectivity index (χ0v) is 56.6. The van der Waals surface area contributed by atoms with Gasteiger partial charge in [-0.15, -0.1) is 68.0 Å². The first-order chi connectivity index (χ1) is 38.9. The third-order valence-electron chi connectivity index (χ3n) is 16.5. The summed E-state index contributed by atoms with van der Waals surface area (Å²) in [6, 6.07) is 25.1. The number of allylic oxidation sites excluding steroid dienone is 2. The maximum absolute atomic E-state index is 17.7. The Morgan fingerprint density at radius 2 is 0.695 bits per heavy atom. The first-order valence-electron chi connectivity index (χ1n) is 28.4. The molecule has 20 heteroatoms. The average Bonchev–Trinajstić information content (AvgIpc) is 4.46. The maximum Gasteiger partial charge on any atom is 0.380 e. The summed E-state index contributed by atoms with van der Waals surface area (Å²) < 4.78 is 141. The molecule has 452 valence electrons. The van der Waals surface area contributed by atoms with E-state index < -0.39 is 50.5 Å². The standard InChI is InChI=1S/C62H82F6O6S6Si2/c1-57(2,3)47-21-19-43(75-47)45-39-41-53-54(61(65,66)62(67,68)60(53,63)64)42-40-46(44-20-22-48(76-44)58(4,5)6)78-56(42)59(55(41)77-45,49-23-25-51(79-49)81(33-13-27-69-7,34-14-28-70-8)35-15-29-71-9)50-24-26-52(80-50)82(36-16-30-72-10,37-17-31-73-11)38-18-32-74-12/h19-26,39-40H,13-18,27-38H2,1-12H3. The molecule has 2 aliphatic carbocycles. The van der Waals surface area contributed by atoms with E-state index >= 15 is 26.3 Å². The summed E-state index contributed by atoms with van der Waals surface area (Å²) in [4.78, 5) is 6.96. The van der Waals surface area contributed by atoms with Crippen LogP contribution in [0, 0.1) is 0 Å². The van der Waals surface area contributed by atoms with E-state index in [1.807, 2.05) is 24.3 Å². The van der Waals surface area contributed by atoms with Crippen molar-refractivity contribution < 1.29 is 54.8 Å². The van der Waals surface area contributed by atoms with Crippen molar-refractivity contribution in [1.82, 2.24) is 0 Å². The molecule has 82 heavy (non-hydrogen) atoms. The van der Waals surface area contributed by atoms with Crippen molar-refractivity contribution in [2.45, 2.75) is 150 Å². The molecular weight excluding hydrogens is 1200 g/mol. The topological polar surface area (TPSA) is 55.4 Å².